The molecule has 2 rings (SSSR count). The van der Waals surface area contributed by atoms with Gasteiger partial charge in [0.1, 0.15) is 4.90 Å². The van der Waals surface area contributed by atoms with Crippen molar-refractivity contribution in [3.63, 3.8) is 0 Å². The molecule has 0 atom stereocenters. The summed E-state index contributed by atoms with van der Waals surface area (Å²) < 4.78 is 38.6. The molecule has 0 aliphatic heterocycles. The van der Waals surface area contributed by atoms with Crippen molar-refractivity contribution in [3.8, 4) is 11.5 Å². The number of carbonyl (C=O) groups is 1. The van der Waals surface area contributed by atoms with E-state index in [4.69, 9.17) is 9.47 Å². The third-order valence-corrected chi connectivity index (χ3v) is 5.69. The quantitative estimate of drug-likeness (QED) is 0.737. The van der Waals surface area contributed by atoms with E-state index in [1.807, 2.05) is 0 Å². The SMILES string of the molecule is CNC(=O)c1ccccc1NS(=O)(=O)c1cc(OC)c(OC)cc1Br. The fourth-order valence-corrected chi connectivity index (χ4v) is 4.26. The van der Waals surface area contributed by atoms with Crippen molar-refractivity contribution in [1.29, 1.82) is 0 Å². The number of anilines is 1. The number of benzene rings is 2. The van der Waals surface area contributed by atoms with E-state index >= 15 is 0 Å². The van der Waals surface area contributed by atoms with Gasteiger partial charge >= 0.3 is 0 Å². The second kappa shape index (κ2) is 7.75. The highest BCUT2D eigenvalue weighted by Crippen LogP contribution is 2.36. The number of nitrogens with one attached hydrogen (secondary N) is 2. The molecule has 2 N–H and O–H groups in total. The number of sulfonamides is 1. The highest BCUT2D eigenvalue weighted by Gasteiger charge is 2.23. The maximum atomic E-state index is 12.8. The summed E-state index contributed by atoms with van der Waals surface area (Å²) in [4.78, 5) is 11.9. The second-order valence-corrected chi connectivity index (χ2v) is 7.37. The lowest BCUT2D eigenvalue weighted by Crippen LogP contribution is -2.21. The van der Waals surface area contributed by atoms with E-state index in [2.05, 4.69) is 26.0 Å². The topological polar surface area (TPSA) is 93.7 Å². The molecule has 7 nitrogen and oxygen atoms in total. The van der Waals surface area contributed by atoms with Crippen LogP contribution in [0.5, 0.6) is 11.5 Å². The number of halogens is 1. The Hall–Kier alpha value is -2.26. The first kappa shape index (κ1) is 19.1. The molecule has 0 fully saturated rings. The molecule has 0 unspecified atom stereocenters. The van der Waals surface area contributed by atoms with Crippen molar-refractivity contribution in [2.45, 2.75) is 4.90 Å². The maximum Gasteiger partial charge on any atom is 0.263 e. The van der Waals surface area contributed by atoms with Gasteiger partial charge in [-0.3, -0.25) is 9.52 Å². The number of carbonyl (C=O) groups excluding carboxylic acids is 1. The third-order valence-electron chi connectivity index (χ3n) is 3.37. The molecule has 1 amide bonds. The van der Waals surface area contributed by atoms with E-state index in [9.17, 15) is 13.2 Å². The summed E-state index contributed by atoms with van der Waals surface area (Å²) in [5.41, 5.74) is 0.383. The molecule has 0 radical (unpaired) electrons. The molecule has 0 spiro atoms. The van der Waals surface area contributed by atoms with Gasteiger partial charge in [-0.05, 0) is 34.1 Å². The first-order chi connectivity index (χ1) is 11.8. The summed E-state index contributed by atoms with van der Waals surface area (Å²) in [6.45, 7) is 0. The maximum absolute atomic E-state index is 12.8. The molecule has 9 heteroatoms. The van der Waals surface area contributed by atoms with E-state index in [-0.39, 0.29) is 21.9 Å². The molecule has 0 aliphatic rings. The van der Waals surface area contributed by atoms with Crippen molar-refractivity contribution in [2.24, 2.45) is 0 Å². The number of para-hydroxylation sites is 1. The van der Waals surface area contributed by atoms with Gasteiger partial charge in [0.2, 0.25) is 0 Å². The number of amides is 1. The Balaban J connectivity index is 2.50. The minimum atomic E-state index is -3.98. The van der Waals surface area contributed by atoms with Gasteiger partial charge in [-0.15, -0.1) is 0 Å². The van der Waals surface area contributed by atoms with E-state index in [0.29, 0.717) is 10.2 Å². The molecular weight excluding hydrogens is 412 g/mol. The van der Waals surface area contributed by atoms with Crippen LogP contribution in [0.25, 0.3) is 0 Å². The Morgan fingerprint density at radius 1 is 1.08 bits per heavy atom. The highest BCUT2D eigenvalue weighted by atomic mass is 79.9. The van der Waals surface area contributed by atoms with Crippen LogP contribution in [0.4, 0.5) is 5.69 Å². The molecule has 0 aromatic heterocycles. The molecule has 2 aromatic rings. The summed E-state index contributed by atoms with van der Waals surface area (Å²) in [6, 6.07) is 9.16. The summed E-state index contributed by atoms with van der Waals surface area (Å²) in [6.07, 6.45) is 0. The molecule has 0 bridgehead atoms. The molecule has 0 aliphatic carbocycles. The van der Waals surface area contributed by atoms with Crippen LogP contribution in [0.1, 0.15) is 10.4 Å². The first-order valence-corrected chi connectivity index (χ1v) is 9.37. The summed E-state index contributed by atoms with van der Waals surface area (Å²) >= 11 is 3.23. The second-order valence-electron chi connectivity index (χ2n) is 4.87. The van der Waals surface area contributed by atoms with Gasteiger partial charge in [0.05, 0.1) is 25.5 Å². The molecular formula is C16H17BrN2O5S. The minimum absolute atomic E-state index is 0.0446. The fraction of sp³-hybridized carbons (Fsp3) is 0.188. The largest absolute Gasteiger partial charge is 0.493 e. The first-order valence-electron chi connectivity index (χ1n) is 7.09. The van der Waals surface area contributed by atoms with Gasteiger partial charge in [-0.1, -0.05) is 12.1 Å². The Labute approximate surface area is 154 Å². The molecule has 0 saturated heterocycles. The van der Waals surface area contributed by atoms with E-state index in [0.717, 1.165) is 0 Å². The molecule has 25 heavy (non-hydrogen) atoms. The third kappa shape index (κ3) is 4.05. The smallest absolute Gasteiger partial charge is 0.263 e. The van der Waals surface area contributed by atoms with Crippen molar-refractivity contribution in [1.82, 2.24) is 5.32 Å². The number of ether oxygens (including phenoxy) is 2. The number of methoxy groups -OCH3 is 2. The van der Waals surface area contributed by atoms with Gasteiger partial charge in [0.25, 0.3) is 15.9 Å². The van der Waals surface area contributed by atoms with Crippen molar-refractivity contribution in [3.05, 3.63) is 46.4 Å². The number of hydrogen-bond donors (Lipinski definition) is 2. The number of rotatable bonds is 6. The zero-order valence-electron chi connectivity index (χ0n) is 13.8. The van der Waals surface area contributed by atoms with Crippen molar-refractivity contribution in [2.75, 3.05) is 26.0 Å². The van der Waals surface area contributed by atoms with Gasteiger partial charge in [0, 0.05) is 17.6 Å². The zero-order valence-corrected chi connectivity index (χ0v) is 16.2. The van der Waals surface area contributed by atoms with E-state index in [1.54, 1.807) is 12.1 Å². The summed E-state index contributed by atoms with van der Waals surface area (Å²) in [5.74, 6) is 0.259. The molecule has 0 heterocycles. The lowest BCUT2D eigenvalue weighted by atomic mass is 10.2. The predicted molar refractivity (Wildman–Crippen MR) is 97.9 cm³/mol. The van der Waals surface area contributed by atoms with Gasteiger partial charge in [0.15, 0.2) is 11.5 Å². The molecule has 2 aromatic carbocycles. The monoisotopic (exact) mass is 428 g/mol. The average molecular weight is 429 g/mol. The van der Waals surface area contributed by atoms with Crippen LogP contribution < -0.4 is 19.5 Å². The average Bonchev–Trinajstić information content (AvgIpc) is 2.60. The van der Waals surface area contributed by atoms with Crippen LogP contribution in [-0.2, 0) is 10.0 Å². The van der Waals surface area contributed by atoms with E-state index < -0.39 is 15.9 Å². The van der Waals surface area contributed by atoms with Crippen LogP contribution in [0.15, 0.2) is 45.8 Å². The lowest BCUT2D eigenvalue weighted by molar-refractivity contribution is 0.0964. The lowest BCUT2D eigenvalue weighted by Gasteiger charge is -2.15. The summed E-state index contributed by atoms with van der Waals surface area (Å²) in [5, 5.41) is 2.47. The van der Waals surface area contributed by atoms with Gasteiger partial charge in [-0.2, -0.15) is 0 Å². The van der Waals surface area contributed by atoms with Crippen LogP contribution in [0, 0.1) is 0 Å². The van der Waals surface area contributed by atoms with Crippen LogP contribution in [-0.4, -0.2) is 35.6 Å². The van der Waals surface area contributed by atoms with Crippen LogP contribution >= 0.6 is 15.9 Å². The van der Waals surface area contributed by atoms with Crippen LogP contribution in [0.2, 0.25) is 0 Å². The Morgan fingerprint density at radius 3 is 2.28 bits per heavy atom. The summed E-state index contributed by atoms with van der Waals surface area (Å²) in [7, 11) is 0.360. The normalized spacial score (nSPS) is 10.9. The Bertz CT molecular complexity index is 899. The highest BCUT2D eigenvalue weighted by molar-refractivity contribution is 9.10. The molecule has 0 saturated carbocycles. The van der Waals surface area contributed by atoms with E-state index in [1.165, 1.54) is 45.5 Å². The van der Waals surface area contributed by atoms with Gasteiger partial charge in [-0.25, -0.2) is 8.42 Å². The Morgan fingerprint density at radius 2 is 1.68 bits per heavy atom. The predicted octanol–water partition coefficient (Wildman–Crippen LogP) is 2.63. The minimum Gasteiger partial charge on any atom is -0.493 e. The van der Waals surface area contributed by atoms with Crippen LogP contribution in [0.3, 0.4) is 0 Å². The Kier molecular flexibility index (Phi) is 5.91. The van der Waals surface area contributed by atoms with Gasteiger partial charge < -0.3 is 14.8 Å². The number of hydrogen-bond acceptors (Lipinski definition) is 5. The van der Waals surface area contributed by atoms with Crippen molar-refractivity contribution >= 4 is 37.5 Å². The zero-order chi connectivity index (χ0) is 18.6. The fourth-order valence-electron chi connectivity index (χ4n) is 2.15. The van der Waals surface area contributed by atoms with Crippen molar-refractivity contribution < 1.29 is 22.7 Å². The standard InChI is InChI=1S/C16H17BrN2O5S/c1-18-16(20)10-6-4-5-7-12(10)19-25(21,22)15-9-14(24-3)13(23-2)8-11(15)17/h4-9,19H,1-3H3,(H,18,20). The molecule has 134 valence electrons.